The molecule has 18 heavy (non-hydrogen) atoms. The SMILES string of the molecule is CC(C)N(C)S(=O)(=O)NC1CCC(C(=O)O)CC1. The largest absolute Gasteiger partial charge is 0.481 e. The summed E-state index contributed by atoms with van der Waals surface area (Å²) >= 11 is 0. The van der Waals surface area contributed by atoms with Crippen molar-refractivity contribution in [1.29, 1.82) is 0 Å². The number of aliphatic carboxylic acids is 1. The van der Waals surface area contributed by atoms with Crippen molar-refractivity contribution in [3.63, 3.8) is 0 Å². The van der Waals surface area contributed by atoms with Gasteiger partial charge in [0.15, 0.2) is 0 Å². The summed E-state index contributed by atoms with van der Waals surface area (Å²) in [5.74, 6) is -1.11. The van der Waals surface area contributed by atoms with E-state index in [1.165, 1.54) is 11.4 Å². The normalized spacial score (nSPS) is 25.6. The van der Waals surface area contributed by atoms with Crippen LogP contribution in [0.25, 0.3) is 0 Å². The van der Waals surface area contributed by atoms with Gasteiger partial charge >= 0.3 is 5.97 Å². The Bertz CT molecular complexity index is 386. The second-order valence-corrected chi connectivity index (χ2v) is 6.88. The number of carbonyl (C=O) groups is 1. The van der Waals surface area contributed by atoms with Gasteiger partial charge < -0.3 is 5.11 Å². The zero-order chi connectivity index (χ0) is 13.9. The van der Waals surface area contributed by atoms with Crippen LogP contribution in [0.1, 0.15) is 39.5 Å². The van der Waals surface area contributed by atoms with Crippen LogP contribution in [0.5, 0.6) is 0 Å². The smallest absolute Gasteiger partial charge is 0.306 e. The van der Waals surface area contributed by atoms with E-state index in [0.717, 1.165) is 0 Å². The molecule has 0 unspecified atom stereocenters. The van der Waals surface area contributed by atoms with Gasteiger partial charge in [-0.2, -0.15) is 17.4 Å². The average molecular weight is 278 g/mol. The molecule has 6 nitrogen and oxygen atoms in total. The van der Waals surface area contributed by atoms with Gasteiger partial charge in [0.1, 0.15) is 0 Å². The molecule has 0 spiro atoms. The quantitative estimate of drug-likeness (QED) is 0.779. The average Bonchev–Trinajstić information content (AvgIpc) is 2.28. The third-order valence-electron chi connectivity index (χ3n) is 3.50. The van der Waals surface area contributed by atoms with Crippen molar-refractivity contribution in [2.75, 3.05) is 7.05 Å². The maximum Gasteiger partial charge on any atom is 0.306 e. The lowest BCUT2D eigenvalue weighted by molar-refractivity contribution is -0.142. The van der Waals surface area contributed by atoms with Gasteiger partial charge in [-0.25, -0.2) is 0 Å². The van der Waals surface area contributed by atoms with Crippen LogP contribution in [0, 0.1) is 5.92 Å². The van der Waals surface area contributed by atoms with E-state index in [2.05, 4.69) is 4.72 Å². The minimum absolute atomic E-state index is 0.0992. The topological polar surface area (TPSA) is 86.7 Å². The molecule has 0 aromatic heterocycles. The Kier molecular flexibility index (Phi) is 5.12. The molecule has 0 amide bonds. The molecule has 2 N–H and O–H groups in total. The maximum atomic E-state index is 12.0. The monoisotopic (exact) mass is 278 g/mol. The standard InChI is InChI=1S/C11H22N2O4S/c1-8(2)13(3)18(16,17)12-10-6-4-9(5-7-10)11(14)15/h8-10,12H,4-7H2,1-3H3,(H,14,15). The fourth-order valence-electron chi connectivity index (χ4n) is 2.03. The fraction of sp³-hybridized carbons (Fsp3) is 0.909. The van der Waals surface area contributed by atoms with Crippen molar-refractivity contribution >= 4 is 16.2 Å². The Hall–Kier alpha value is -0.660. The summed E-state index contributed by atoms with van der Waals surface area (Å²) in [5.41, 5.74) is 0. The molecule has 0 radical (unpaired) electrons. The van der Waals surface area contributed by atoms with Crippen LogP contribution in [0.15, 0.2) is 0 Å². The summed E-state index contributed by atoms with van der Waals surface area (Å²) in [5, 5.41) is 8.87. The lowest BCUT2D eigenvalue weighted by atomic mass is 9.87. The molecule has 0 aliphatic heterocycles. The van der Waals surface area contributed by atoms with E-state index in [4.69, 9.17) is 5.11 Å². The molecule has 0 atom stereocenters. The van der Waals surface area contributed by atoms with Gasteiger partial charge in [0.2, 0.25) is 0 Å². The summed E-state index contributed by atoms with van der Waals surface area (Å²) < 4.78 is 27.8. The van der Waals surface area contributed by atoms with Crippen molar-refractivity contribution < 1.29 is 18.3 Å². The number of carboxylic acids is 1. The number of carboxylic acid groups (broad SMARTS) is 1. The molecule has 0 aromatic carbocycles. The van der Waals surface area contributed by atoms with E-state index in [1.54, 1.807) is 13.8 Å². The number of nitrogens with zero attached hydrogens (tertiary/aromatic N) is 1. The van der Waals surface area contributed by atoms with Gasteiger partial charge in [-0.3, -0.25) is 4.79 Å². The molecule has 7 heteroatoms. The third kappa shape index (κ3) is 3.93. The van der Waals surface area contributed by atoms with Crippen LogP contribution in [0.3, 0.4) is 0 Å². The van der Waals surface area contributed by atoms with Crippen molar-refractivity contribution in [2.45, 2.75) is 51.6 Å². The molecule has 1 fully saturated rings. The second-order valence-electron chi connectivity index (χ2n) is 5.12. The Morgan fingerprint density at radius 1 is 1.28 bits per heavy atom. The molecular formula is C11H22N2O4S. The minimum Gasteiger partial charge on any atom is -0.481 e. The molecule has 1 saturated carbocycles. The summed E-state index contributed by atoms with van der Waals surface area (Å²) in [6, 6.07) is -0.246. The van der Waals surface area contributed by atoms with Crippen molar-refractivity contribution in [3.8, 4) is 0 Å². The van der Waals surface area contributed by atoms with Crippen molar-refractivity contribution in [1.82, 2.24) is 9.03 Å². The maximum absolute atomic E-state index is 12.0. The highest BCUT2D eigenvalue weighted by molar-refractivity contribution is 7.87. The van der Waals surface area contributed by atoms with Gasteiger partial charge in [-0.1, -0.05) is 0 Å². The van der Waals surface area contributed by atoms with Gasteiger partial charge in [-0.15, -0.1) is 0 Å². The zero-order valence-electron chi connectivity index (χ0n) is 11.1. The Morgan fingerprint density at radius 2 is 1.78 bits per heavy atom. The molecule has 106 valence electrons. The number of rotatable bonds is 5. The van der Waals surface area contributed by atoms with E-state index in [0.29, 0.717) is 25.7 Å². The van der Waals surface area contributed by atoms with E-state index >= 15 is 0 Å². The Balaban J connectivity index is 2.53. The fourth-order valence-corrected chi connectivity index (χ4v) is 3.41. The van der Waals surface area contributed by atoms with Crippen LogP contribution in [0.4, 0.5) is 0 Å². The minimum atomic E-state index is -3.46. The third-order valence-corrected chi connectivity index (χ3v) is 5.31. The van der Waals surface area contributed by atoms with Crippen molar-refractivity contribution in [2.24, 2.45) is 5.92 Å². The molecule has 1 aliphatic rings. The first kappa shape index (κ1) is 15.4. The van der Waals surface area contributed by atoms with Gasteiger partial charge in [-0.05, 0) is 39.5 Å². The Labute approximate surface area is 109 Å². The molecule has 1 aliphatic carbocycles. The summed E-state index contributed by atoms with van der Waals surface area (Å²) in [4.78, 5) is 10.8. The van der Waals surface area contributed by atoms with Crippen LogP contribution in [-0.4, -0.2) is 42.9 Å². The highest BCUT2D eigenvalue weighted by atomic mass is 32.2. The summed E-state index contributed by atoms with van der Waals surface area (Å²) in [6.45, 7) is 3.61. The first-order valence-corrected chi connectivity index (χ1v) is 7.66. The van der Waals surface area contributed by atoms with E-state index < -0.39 is 16.2 Å². The zero-order valence-corrected chi connectivity index (χ0v) is 11.9. The van der Waals surface area contributed by atoms with Crippen LogP contribution < -0.4 is 4.72 Å². The van der Waals surface area contributed by atoms with E-state index in [9.17, 15) is 13.2 Å². The number of nitrogens with one attached hydrogen (secondary N) is 1. The lowest BCUT2D eigenvalue weighted by Gasteiger charge is -2.29. The molecule has 1 rings (SSSR count). The predicted molar refractivity (Wildman–Crippen MR) is 68.3 cm³/mol. The lowest BCUT2D eigenvalue weighted by Crippen LogP contribution is -2.47. The van der Waals surface area contributed by atoms with Crippen molar-refractivity contribution in [3.05, 3.63) is 0 Å². The molecule has 0 saturated heterocycles. The van der Waals surface area contributed by atoms with Crippen LogP contribution in [0.2, 0.25) is 0 Å². The highest BCUT2D eigenvalue weighted by Crippen LogP contribution is 2.25. The number of hydrogen-bond acceptors (Lipinski definition) is 3. The van der Waals surface area contributed by atoms with E-state index in [-0.39, 0.29) is 18.0 Å². The molecular weight excluding hydrogens is 256 g/mol. The van der Waals surface area contributed by atoms with Gasteiger partial charge in [0.25, 0.3) is 10.2 Å². The molecule has 0 aromatic rings. The van der Waals surface area contributed by atoms with Crippen LogP contribution in [-0.2, 0) is 15.0 Å². The first-order chi connectivity index (χ1) is 8.24. The predicted octanol–water partition coefficient (Wildman–Crippen LogP) is 0.804. The van der Waals surface area contributed by atoms with Gasteiger partial charge in [0, 0.05) is 19.1 Å². The first-order valence-electron chi connectivity index (χ1n) is 6.22. The van der Waals surface area contributed by atoms with Gasteiger partial charge in [0.05, 0.1) is 5.92 Å². The summed E-state index contributed by atoms with van der Waals surface area (Å²) in [6.07, 6.45) is 2.24. The number of hydrogen-bond donors (Lipinski definition) is 2. The second kappa shape index (κ2) is 5.99. The Morgan fingerprint density at radius 3 is 2.17 bits per heavy atom. The summed E-state index contributed by atoms with van der Waals surface area (Å²) in [7, 11) is -1.92. The highest BCUT2D eigenvalue weighted by Gasteiger charge is 2.30. The van der Waals surface area contributed by atoms with E-state index in [1.807, 2.05) is 0 Å². The van der Waals surface area contributed by atoms with Crippen LogP contribution >= 0.6 is 0 Å². The molecule has 0 heterocycles. The molecule has 0 bridgehead atoms.